The van der Waals surface area contributed by atoms with E-state index in [2.05, 4.69) is 11.1 Å². The summed E-state index contributed by atoms with van der Waals surface area (Å²) in [6.07, 6.45) is 4.44. The zero-order valence-corrected chi connectivity index (χ0v) is 13.0. The first-order valence-corrected chi connectivity index (χ1v) is 7.31. The van der Waals surface area contributed by atoms with Crippen molar-refractivity contribution in [3.8, 4) is 11.8 Å². The summed E-state index contributed by atoms with van der Waals surface area (Å²) in [4.78, 5) is 19.8. The minimum absolute atomic E-state index is 0.354. The number of amides is 1. The van der Waals surface area contributed by atoms with Gasteiger partial charge in [-0.15, -0.1) is 0 Å². The average Bonchev–Trinajstić information content (AvgIpc) is 2.54. The van der Waals surface area contributed by atoms with Crippen LogP contribution in [0.15, 0.2) is 23.2 Å². The molecule has 1 amide bonds. The van der Waals surface area contributed by atoms with Crippen LogP contribution in [-0.4, -0.2) is 49.4 Å². The highest BCUT2D eigenvalue weighted by atomic mass is 16.6. The third-order valence-corrected chi connectivity index (χ3v) is 3.34. The fourth-order valence-electron chi connectivity index (χ4n) is 2.20. The molecule has 0 saturated carbocycles. The first-order valence-electron chi connectivity index (χ1n) is 7.31. The summed E-state index contributed by atoms with van der Waals surface area (Å²) in [6, 6.07) is 6.96. The SMILES string of the molecule is CN(C)C=Nc1ccc(OC(=O)N2CCCCC2)cc1C#N. The molecule has 1 heterocycles. The maximum absolute atomic E-state index is 12.1. The summed E-state index contributed by atoms with van der Waals surface area (Å²) in [5.74, 6) is 0.371. The van der Waals surface area contributed by atoms with Crippen molar-refractivity contribution in [1.82, 2.24) is 9.80 Å². The van der Waals surface area contributed by atoms with Crippen LogP contribution in [0.1, 0.15) is 24.8 Å². The molecule has 1 fully saturated rings. The van der Waals surface area contributed by atoms with E-state index in [0.29, 0.717) is 17.0 Å². The predicted octanol–water partition coefficient (Wildman–Crippen LogP) is 2.76. The lowest BCUT2D eigenvalue weighted by Gasteiger charge is -2.25. The maximum Gasteiger partial charge on any atom is 0.415 e. The summed E-state index contributed by atoms with van der Waals surface area (Å²) < 4.78 is 5.35. The van der Waals surface area contributed by atoms with Gasteiger partial charge in [-0.1, -0.05) is 0 Å². The number of likely N-dealkylation sites (tertiary alicyclic amines) is 1. The Morgan fingerprint density at radius 3 is 2.73 bits per heavy atom. The number of nitrogens with zero attached hydrogens (tertiary/aromatic N) is 4. The Hall–Kier alpha value is -2.55. The third kappa shape index (κ3) is 4.22. The van der Waals surface area contributed by atoms with Crippen LogP contribution in [0.2, 0.25) is 0 Å². The zero-order valence-electron chi connectivity index (χ0n) is 13.0. The van der Waals surface area contributed by atoms with Gasteiger partial charge in [0.15, 0.2) is 0 Å². The van der Waals surface area contributed by atoms with E-state index >= 15 is 0 Å². The molecule has 0 bridgehead atoms. The van der Waals surface area contributed by atoms with Crippen molar-refractivity contribution < 1.29 is 9.53 Å². The number of carbonyl (C=O) groups excluding carboxylic acids is 1. The van der Waals surface area contributed by atoms with Gasteiger partial charge in [-0.25, -0.2) is 9.79 Å². The van der Waals surface area contributed by atoms with Crippen LogP contribution in [0.25, 0.3) is 0 Å². The number of hydrogen-bond donors (Lipinski definition) is 0. The molecule has 0 spiro atoms. The van der Waals surface area contributed by atoms with Crippen LogP contribution in [-0.2, 0) is 0 Å². The molecule has 0 radical (unpaired) electrons. The number of carbonyl (C=O) groups is 1. The number of rotatable bonds is 3. The molecule has 116 valence electrons. The highest BCUT2D eigenvalue weighted by molar-refractivity contribution is 5.72. The molecule has 1 aromatic rings. The van der Waals surface area contributed by atoms with Gasteiger partial charge in [0.25, 0.3) is 0 Å². The van der Waals surface area contributed by atoms with Crippen molar-refractivity contribution in [1.29, 1.82) is 5.26 Å². The maximum atomic E-state index is 12.1. The Balaban J connectivity index is 2.09. The molecule has 2 rings (SSSR count). The molecular formula is C16H20N4O2. The lowest BCUT2D eigenvalue weighted by molar-refractivity contribution is 0.142. The minimum atomic E-state index is -0.354. The fourth-order valence-corrected chi connectivity index (χ4v) is 2.20. The van der Waals surface area contributed by atoms with Gasteiger partial charge in [-0.3, -0.25) is 0 Å². The van der Waals surface area contributed by atoms with Gasteiger partial charge in [0.05, 0.1) is 17.6 Å². The van der Waals surface area contributed by atoms with Crippen molar-refractivity contribution in [2.45, 2.75) is 19.3 Å². The summed E-state index contributed by atoms with van der Waals surface area (Å²) in [5.41, 5.74) is 0.927. The molecule has 1 aliphatic heterocycles. The van der Waals surface area contributed by atoms with Gasteiger partial charge >= 0.3 is 6.09 Å². The summed E-state index contributed by atoms with van der Waals surface area (Å²) in [5, 5.41) is 9.20. The number of ether oxygens (including phenoxy) is 1. The lowest BCUT2D eigenvalue weighted by atomic mass is 10.1. The van der Waals surface area contributed by atoms with E-state index in [-0.39, 0.29) is 6.09 Å². The minimum Gasteiger partial charge on any atom is -0.410 e. The molecule has 0 aliphatic carbocycles. The summed E-state index contributed by atoms with van der Waals surface area (Å²) >= 11 is 0. The quantitative estimate of drug-likeness (QED) is 0.636. The molecule has 1 aromatic carbocycles. The number of piperidine rings is 1. The van der Waals surface area contributed by atoms with E-state index in [9.17, 15) is 10.1 Å². The van der Waals surface area contributed by atoms with Gasteiger partial charge in [0, 0.05) is 33.3 Å². The van der Waals surface area contributed by atoms with Gasteiger partial charge in [-0.2, -0.15) is 5.26 Å². The van der Waals surface area contributed by atoms with Gasteiger partial charge in [0.2, 0.25) is 0 Å². The molecule has 6 heteroatoms. The first-order chi connectivity index (χ1) is 10.6. The monoisotopic (exact) mass is 300 g/mol. The van der Waals surface area contributed by atoms with Crippen LogP contribution in [0.4, 0.5) is 10.5 Å². The van der Waals surface area contributed by atoms with Crippen molar-refractivity contribution in [2.24, 2.45) is 4.99 Å². The number of nitriles is 1. The van der Waals surface area contributed by atoms with Crippen molar-refractivity contribution in [3.63, 3.8) is 0 Å². The van der Waals surface area contributed by atoms with E-state index in [1.165, 1.54) is 0 Å². The Labute approximate surface area is 130 Å². The highest BCUT2D eigenvalue weighted by Gasteiger charge is 2.18. The third-order valence-electron chi connectivity index (χ3n) is 3.34. The van der Waals surface area contributed by atoms with Gasteiger partial charge in [0.1, 0.15) is 11.8 Å². The van der Waals surface area contributed by atoms with E-state index in [4.69, 9.17) is 4.74 Å². The summed E-state index contributed by atoms with van der Waals surface area (Å²) in [6.45, 7) is 1.46. The molecule has 1 saturated heterocycles. The standard InChI is InChI=1S/C16H20N4O2/c1-19(2)12-18-15-7-6-14(10-13(15)11-17)22-16(21)20-8-4-3-5-9-20/h6-7,10,12H,3-5,8-9H2,1-2H3. The molecule has 0 unspecified atom stereocenters. The Kier molecular flexibility index (Phi) is 5.37. The smallest absolute Gasteiger partial charge is 0.410 e. The Morgan fingerprint density at radius 2 is 2.09 bits per heavy atom. The van der Waals surface area contributed by atoms with Crippen LogP contribution < -0.4 is 4.74 Å². The number of aliphatic imine (C=N–C) groups is 1. The van der Waals surface area contributed by atoms with Crippen molar-refractivity contribution >= 4 is 18.1 Å². The van der Waals surface area contributed by atoms with Gasteiger partial charge < -0.3 is 14.5 Å². The number of hydrogen-bond acceptors (Lipinski definition) is 4. The molecule has 0 aromatic heterocycles. The Bertz CT molecular complexity index is 599. The second-order valence-corrected chi connectivity index (χ2v) is 5.41. The second kappa shape index (κ2) is 7.46. The summed E-state index contributed by atoms with van der Waals surface area (Å²) in [7, 11) is 3.70. The molecular weight excluding hydrogens is 280 g/mol. The Morgan fingerprint density at radius 1 is 1.36 bits per heavy atom. The van der Waals surface area contributed by atoms with E-state index in [1.807, 2.05) is 14.1 Å². The molecule has 1 aliphatic rings. The molecule has 6 nitrogen and oxygen atoms in total. The van der Waals surface area contributed by atoms with Crippen molar-refractivity contribution in [2.75, 3.05) is 27.2 Å². The van der Waals surface area contributed by atoms with E-state index < -0.39 is 0 Å². The topological polar surface area (TPSA) is 68.9 Å². The molecule has 22 heavy (non-hydrogen) atoms. The van der Waals surface area contributed by atoms with E-state index in [0.717, 1.165) is 32.4 Å². The largest absolute Gasteiger partial charge is 0.415 e. The fraction of sp³-hybridized carbons (Fsp3) is 0.438. The first kappa shape index (κ1) is 15.8. The molecule has 0 N–H and O–H groups in total. The normalized spacial score (nSPS) is 14.7. The molecule has 0 atom stereocenters. The van der Waals surface area contributed by atoms with Crippen LogP contribution in [0.3, 0.4) is 0 Å². The predicted molar refractivity (Wildman–Crippen MR) is 84.4 cm³/mol. The zero-order chi connectivity index (χ0) is 15.9. The van der Waals surface area contributed by atoms with Crippen molar-refractivity contribution in [3.05, 3.63) is 23.8 Å². The van der Waals surface area contributed by atoms with Crippen LogP contribution in [0.5, 0.6) is 5.75 Å². The van der Waals surface area contributed by atoms with E-state index in [1.54, 1.807) is 34.3 Å². The highest BCUT2D eigenvalue weighted by Crippen LogP contribution is 2.24. The lowest BCUT2D eigenvalue weighted by Crippen LogP contribution is -2.37. The van der Waals surface area contributed by atoms with Crippen LogP contribution >= 0.6 is 0 Å². The second-order valence-electron chi connectivity index (χ2n) is 5.41. The average molecular weight is 300 g/mol. The number of benzene rings is 1. The van der Waals surface area contributed by atoms with Crippen LogP contribution in [0, 0.1) is 11.3 Å². The van der Waals surface area contributed by atoms with Gasteiger partial charge in [-0.05, 0) is 31.4 Å².